The molecule has 34 heavy (non-hydrogen) atoms. The molecule has 0 saturated carbocycles. The van der Waals surface area contributed by atoms with E-state index in [-0.39, 0.29) is 44.9 Å². The number of hydrogen-bond acceptors (Lipinski definition) is 6. The van der Waals surface area contributed by atoms with Gasteiger partial charge in [-0.05, 0) is 35.1 Å². The maximum atomic E-state index is 12.5. The number of alkyl carbamates (subject to hydrolysis) is 1. The van der Waals surface area contributed by atoms with Gasteiger partial charge in [-0.2, -0.15) is 0 Å². The summed E-state index contributed by atoms with van der Waals surface area (Å²) in [5, 5.41) is 23.8. The first kappa shape index (κ1) is 25.2. The number of carbonyl (C=O) groups excluding carboxylic acids is 2. The van der Waals surface area contributed by atoms with E-state index in [1.54, 1.807) is 0 Å². The molecule has 2 aromatic rings. The Morgan fingerprint density at radius 1 is 1.00 bits per heavy atom. The van der Waals surface area contributed by atoms with Gasteiger partial charge in [0.05, 0.1) is 12.7 Å². The molecule has 2 unspecified atom stereocenters. The molecule has 0 bridgehead atoms. The van der Waals surface area contributed by atoms with Gasteiger partial charge in [-0.3, -0.25) is 9.59 Å². The van der Waals surface area contributed by atoms with Gasteiger partial charge in [0.2, 0.25) is 5.91 Å². The van der Waals surface area contributed by atoms with Gasteiger partial charge in [-0.15, -0.1) is 0 Å². The van der Waals surface area contributed by atoms with Crippen molar-refractivity contribution in [2.75, 3.05) is 26.9 Å². The molecule has 1 aliphatic rings. The molecule has 9 nitrogen and oxygen atoms in total. The summed E-state index contributed by atoms with van der Waals surface area (Å²) < 4.78 is 10.3. The molecule has 9 heteroatoms. The first-order valence-corrected chi connectivity index (χ1v) is 11.2. The second-order valence-corrected chi connectivity index (χ2v) is 8.14. The first-order valence-electron chi connectivity index (χ1n) is 11.2. The Balaban J connectivity index is 1.59. The third kappa shape index (κ3) is 6.55. The highest BCUT2D eigenvalue weighted by molar-refractivity contribution is 5.86. The first-order chi connectivity index (χ1) is 16.4. The average Bonchev–Trinajstić information content (AvgIpc) is 3.14. The van der Waals surface area contributed by atoms with Gasteiger partial charge in [0, 0.05) is 26.0 Å². The van der Waals surface area contributed by atoms with Gasteiger partial charge < -0.3 is 30.3 Å². The smallest absolute Gasteiger partial charge is 0.407 e. The number of carboxylic acids is 1. The van der Waals surface area contributed by atoms with E-state index in [0.717, 1.165) is 22.3 Å². The van der Waals surface area contributed by atoms with Crippen molar-refractivity contribution in [2.24, 2.45) is 0 Å². The van der Waals surface area contributed by atoms with Crippen molar-refractivity contribution in [3.8, 4) is 11.1 Å². The van der Waals surface area contributed by atoms with Gasteiger partial charge in [-0.1, -0.05) is 48.5 Å². The van der Waals surface area contributed by atoms with Crippen LogP contribution in [-0.2, 0) is 19.1 Å². The van der Waals surface area contributed by atoms with Gasteiger partial charge in [0.1, 0.15) is 12.6 Å². The van der Waals surface area contributed by atoms with Gasteiger partial charge in [-0.25, -0.2) is 4.79 Å². The molecular formula is C25H30N2O7. The molecule has 4 N–H and O–H groups in total. The Kier molecular flexibility index (Phi) is 9.00. The minimum absolute atomic E-state index is 0.0797. The topological polar surface area (TPSA) is 134 Å². The highest BCUT2D eigenvalue weighted by Crippen LogP contribution is 2.44. The predicted molar refractivity (Wildman–Crippen MR) is 124 cm³/mol. The lowest BCUT2D eigenvalue weighted by Crippen LogP contribution is -2.47. The fourth-order valence-electron chi connectivity index (χ4n) is 4.08. The number of aliphatic hydroxyl groups is 1. The largest absolute Gasteiger partial charge is 0.481 e. The van der Waals surface area contributed by atoms with Gasteiger partial charge in [0.25, 0.3) is 0 Å². The zero-order valence-electron chi connectivity index (χ0n) is 19.0. The molecule has 0 saturated heterocycles. The van der Waals surface area contributed by atoms with Crippen LogP contribution in [-0.4, -0.2) is 67.2 Å². The molecule has 2 atom stereocenters. The van der Waals surface area contributed by atoms with Crippen molar-refractivity contribution >= 4 is 18.0 Å². The quantitative estimate of drug-likeness (QED) is 0.374. The molecule has 2 aromatic carbocycles. The van der Waals surface area contributed by atoms with Crippen molar-refractivity contribution < 1.29 is 34.1 Å². The number of rotatable bonds is 12. The lowest BCUT2D eigenvalue weighted by atomic mass is 9.98. The molecule has 0 radical (unpaired) electrons. The number of aliphatic carboxylic acids is 1. The van der Waals surface area contributed by atoms with Crippen LogP contribution in [0.3, 0.4) is 0 Å². The normalized spacial score (nSPS) is 13.9. The number of ether oxygens (including phenoxy) is 2. The van der Waals surface area contributed by atoms with E-state index in [0.29, 0.717) is 0 Å². The van der Waals surface area contributed by atoms with Crippen molar-refractivity contribution in [3.05, 3.63) is 59.7 Å². The molecule has 3 rings (SSSR count). The van der Waals surface area contributed by atoms with Crippen LogP contribution in [0.25, 0.3) is 11.1 Å². The second kappa shape index (κ2) is 12.2. The van der Waals surface area contributed by atoms with Crippen LogP contribution >= 0.6 is 0 Å². The summed E-state index contributed by atoms with van der Waals surface area (Å²) in [7, 11) is 1.46. The van der Waals surface area contributed by atoms with Crippen molar-refractivity contribution in [1.82, 2.24) is 10.6 Å². The van der Waals surface area contributed by atoms with Crippen LogP contribution in [0.1, 0.15) is 36.3 Å². The molecule has 182 valence electrons. The maximum absolute atomic E-state index is 12.5. The highest BCUT2D eigenvalue weighted by atomic mass is 16.5. The number of aliphatic hydroxyl groups excluding tert-OH is 1. The molecule has 0 fully saturated rings. The number of amides is 2. The summed E-state index contributed by atoms with van der Waals surface area (Å²) in [6.45, 7) is 0.367. The highest BCUT2D eigenvalue weighted by Gasteiger charge is 2.30. The summed E-state index contributed by atoms with van der Waals surface area (Å²) in [6.07, 6.45) is -1.67. The van der Waals surface area contributed by atoms with Crippen LogP contribution in [0.2, 0.25) is 0 Å². The predicted octanol–water partition coefficient (Wildman–Crippen LogP) is 2.27. The molecule has 0 aromatic heterocycles. The zero-order chi connectivity index (χ0) is 24.5. The summed E-state index contributed by atoms with van der Waals surface area (Å²) >= 11 is 0. The fourth-order valence-corrected chi connectivity index (χ4v) is 4.08. The second-order valence-electron chi connectivity index (χ2n) is 8.14. The van der Waals surface area contributed by atoms with Crippen molar-refractivity contribution in [2.45, 2.75) is 37.3 Å². The third-order valence-corrected chi connectivity index (χ3v) is 5.73. The number of carbonyl (C=O) groups is 3. The molecule has 0 heterocycles. The summed E-state index contributed by atoms with van der Waals surface area (Å²) in [5.74, 6) is -1.76. The zero-order valence-corrected chi connectivity index (χ0v) is 19.0. The SMILES string of the molecule is COCC(O)CCNC(=O)C(CCC(=O)O)NC(=O)OCC1c2ccccc2-c2ccccc21. The lowest BCUT2D eigenvalue weighted by molar-refractivity contribution is -0.137. The minimum Gasteiger partial charge on any atom is -0.481 e. The molecule has 1 aliphatic carbocycles. The molecule has 0 spiro atoms. The third-order valence-electron chi connectivity index (χ3n) is 5.73. The Morgan fingerprint density at radius 3 is 2.21 bits per heavy atom. The Morgan fingerprint density at radius 2 is 1.62 bits per heavy atom. The fraction of sp³-hybridized carbons (Fsp3) is 0.400. The summed E-state index contributed by atoms with van der Waals surface area (Å²) in [6, 6.07) is 14.8. The summed E-state index contributed by atoms with van der Waals surface area (Å²) in [4.78, 5) is 36.1. The summed E-state index contributed by atoms with van der Waals surface area (Å²) in [5.41, 5.74) is 4.32. The lowest BCUT2D eigenvalue weighted by Gasteiger charge is -2.20. The number of benzene rings is 2. The molecule has 0 aliphatic heterocycles. The maximum Gasteiger partial charge on any atom is 0.407 e. The van der Waals surface area contributed by atoms with Crippen LogP contribution < -0.4 is 10.6 Å². The Hall–Kier alpha value is -3.43. The van der Waals surface area contributed by atoms with Crippen LogP contribution in [0, 0.1) is 0 Å². The van der Waals surface area contributed by atoms with E-state index in [2.05, 4.69) is 10.6 Å². The number of nitrogens with one attached hydrogen (secondary N) is 2. The van der Waals surface area contributed by atoms with E-state index in [9.17, 15) is 19.5 Å². The monoisotopic (exact) mass is 470 g/mol. The average molecular weight is 471 g/mol. The Bertz CT molecular complexity index is 965. The minimum atomic E-state index is -1.08. The standard InChI is InChI=1S/C25H30N2O7/c1-33-14-16(28)12-13-26-24(31)22(10-11-23(29)30)27-25(32)34-15-21-19-8-4-2-6-17(19)18-7-3-5-9-20(18)21/h2-9,16,21-22,28H,10-15H2,1H3,(H,26,31)(H,27,32)(H,29,30). The van der Waals surface area contributed by atoms with Crippen LogP contribution in [0.5, 0.6) is 0 Å². The van der Waals surface area contributed by atoms with E-state index >= 15 is 0 Å². The van der Waals surface area contributed by atoms with E-state index in [4.69, 9.17) is 14.6 Å². The molecular weight excluding hydrogens is 440 g/mol. The van der Waals surface area contributed by atoms with Gasteiger partial charge in [0.15, 0.2) is 0 Å². The number of hydrogen-bond donors (Lipinski definition) is 4. The van der Waals surface area contributed by atoms with Crippen molar-refractivity contribution in [3.63, 3.8) is 0 Å². The van der Waals surface area contributed by atoms with E-state index in [1.807, 2.05) is 48.5 Å². The van der Waals surface area contributed by atoms with Crippen molar-refractivity contribution in [1.29, 1.82) is 0 Å². The van der Waals surface area contributed by atoms with E-state index in [1.165, 1.54) is 7.11 Å². The van der Waals surface area contributed by atoms with Gasteiger partial charge >= 0.3 is 12.1 Å². The number of methoxy groups -OCH3 is 1. The van der Waals surface area contributed by atoms with Crippen LogP contribution in [0.4, 0.5) is 4.79 Å². The Labute approximate surface area is 198 Å². The number of carboxylic acid groups (broad SMARTS) is 1. The van der Waals surface area contributed by atoms with Crippen LogP contribution in [0.15, 0.2) is 48.5 Å². The number of fused-ring (bicyclic) bond motifs is 3. The molecule has 2 amide bonds. The van der Waals surface area contributed by atoms with E-state index < -0.39 is 30.1 Å².